The minimum atomic E-state index is -3.75. The highest BCUT2D eigenvalue weighted by molar-refractivity contribution is 7.89. The molecule has 0 aliphatic rings. The van der Waals surface area contributed by atoms with Crippen molar-refractivity contribution >= 4 is 21.6 Å². The highest BCUT2D eigenvalue weighted by Crippen LogP contribution is 2.24. The lowest BCUT2D eigenvalue weighted by atomic mass is 10.1. The van der Waals surface area contributed by atoms with Crippen LogP contribution in [0.4, 0.5) is 5.69 Å². The zero-order valence-electron chi connectivity index (χ0n) is 12.1. The normalized spacial score (nSPS) is 11.7. The van der Waals surface area contributed by atoms with Crippen molar-refractivity contribution in [2.75, 3.05) is 11.9 Å². The fourth-order valence-electron chi connectivity index (χ4n) is 1.70. The second-order valence-electron chi connectivity index (χ2n) is 4.89. The molecule has 0 aliphatic heterocycles. The Hall–Kier alpha value is -1.44. The molecule has 0 aliphatic carbocycles. The van der Waals surface area contributed by atoms with E-state index in [1.807, 2.05) is 13.8 Å². The van der Waals surface area contributed by atoms with Gasteiger partial charge >= 0.3 is 0 Å². The summed E-state index contributed by atoms with van der Waals surface area (Å²) in [5.74, 6) is -0.284. The van der Waals surface area contributed by atoms with E-state index in [1.54, 1.807) is 13.8 Å². The van der Waals surface area contributed by atoms with E-state index < -0.39 is 10.0 Å². The van der Waals surface area contributed by atoms with Gasteiger partial charge < -0.3 is 10.1 Å². The predicted molar refractivity (Wildman–Crippen MR) is 77.0 cm³/mol. The van der Waals surface area contributed by atoms with Crippen LogP contribution in [0.5, 0.6) is 0 Å². The molecule has 0 atom stereocenters. The van der Waals surface area contributed by atoms with Gasteiger partial charge in [0.25, 0.3) is 0 Å². The fourth-order valence-corrected chi connectivity index (χ4v) is 2.39. The second-order valence-corrected chi connectivity index (χ2v) is 6.45. The van der Waals surface area contributed by atoms with E-state index in [2.05, 4.69) is 5.32 Å². The van der Waals surface area contributed by atoms with Crippen molar-refractivity contribution < 1.29 is 17.9 Å². The number of benzene rings is 1. The molecule has 0 saturated carbocycles. The first-order chi connectivity index (χ1) is 9.11. The summed E-state index contributed by atoms with van der Waals surface area (Å²) in [6, 6.07) is 2.86. The van der Waals surface area contributed by atoms with Gasteiger partial charge in [0.2, 0.25) is 15.9 Å². The minimum absolute atomic E-state index is 0.0314. The molecule has 112 valence electrons. The number of hydrogen-bond donors (Lipinski definition) is 2. The van der Waals surface area contributed by atoms with Crippen LogP contribution >= 0.6 is 0 Å². The third kappa shape index (κ3) is 4.59. The fraction of sp³-hybridized carbons (Fsp3) is 0.462. The lowest BCUT2D eigenvalue weighted by molar-refractivity contribution is -0.121. The van der Waals surface area contributed by atoms with Crippen LogP contribution in [0.1, 0.15) is 25.0 Å². The van der Waals surface area contributed by atoms with Crippen molar-refractivity contribution in [2.24, 2.45) is 5.14 Å². The molecule has 0 heterocycles. The Morgan fingerprint density at radius 1 is 1.30 bits per heavy atom. The summed E-state index contributed by atoms with van der Waals surface area (Å²) in [5.41, 5.74) is 1.84. The highest BCUT2D eigenvalue weighted by atomic mass is 32.2. The Labute approximate surface area is 119 Å². The van der Waals surface area contributed by atoms with Gasteiger partial charge in [-0.05, 0) is 51.0 Å². The molecule has 1 aromatic carbocycles. The molecule has 0 spiro atoms. The van der Waals surface area contributed by atoms with Crippen molar-refractivity contribution in [2.45, 2.75) is 38.7 Å². The van der Waals surface area contributed by atoms with Crippen LogP contribution < -0.4 is 10.5 Å². The first kappa shape index (κ1) is 16.6. The van der Waals surface area contributed by atoms with Crippen molar-refractivity contribution in [1.29, 1.82) is 0 Å². The van der Waals surface area contributed by atoms with Gasteiger partial charge in [0.05, 0.1) is 11.0 Å². The van der Waals surface area contributed by atoms with E-state index in [0.29, 0.717) is 16.8 Å². The van der Waals surface area contributed by atoms with Crippen molar-refractivity contribution in [3.05, 3.63) is 23.3 Å². The number of rotatable bonds is 5. The second kappa shape index (κ2) is 6.34. The number of primary sulfonamides is 1. The summed E-state index contributed by atoms with van der Waals surface area (Å²) in [6.45, 7) is 7.05. The molecular formula is C13H20N2O4S. The predicted octanol–water partition coefficient (Wildman–Crippen LogP) is 1.31. The summed E-state index contributed by atoms with van der Waals surface area (Å²) in [6.07, 6.45) is -0.0345. The number of aryl methyl sites for hydroxylation is 2. The topological polar surface area (TPSA) is 98.5 Å². The first-order valence-corrected chi connectivity index (χ1v) is 7.71. The maximum atomic E-state index is 11.7. The maximum absolute atomic E-state index is 11.7. The number of nitrogens with one attached hydrogen (secondary N) is 1. The van der Waals surface area contributed by atoms with Crippen LogP contribution in [0.2, 0.25) is 0 Å². The highest BCUT2D eigenvalue weighted by Gasteiger charge is 2.14. The lowest BCUT2D eigenvalue weighted by Gasteiger charge is -2.14. The molecule has 0 radical (unpaired) electrons. The number of amides is 1. The van der Waals surface area contributed by atoms with E-state index in [-0.39, 0.29) is 23.5 Å². The van der Waals surface area contributed by atoms with Gasteiger partial charge in [-0.25, -0.2) is 13.6 Å². The van der Waals surface area contributed by atoms with E-state index in [0.717, 1.165) is 0 Å². The Morgan fingerprint density at radius 2 is 1.80 bits per heavy atom. The quantitative estimate of drug-likeness (QED) is 0.856. The molecule has 0 fully saturated rings. The van der Waals surface area contributed by atoms with Gasteiger partial charge in [-0.2, -0.15) is 0 Å². The van der Waals surface area contributed by atoms with Crippen LogP contribution in [0.15, 0.2) is 17.0 Å². The summed E-state index contributed by atoms with van der Waals surface area (Å²) < 4.78 is 27.8. The monoisotopic (exact) mass is 300 g/mol. The average molecular weight is 300 g/mol. The standard InChI is InChI=1S/C13H20N2O4S/c1-8(2)19-7-12(16)15-13-9(3)5-11(6-10(13)4)20(14,17)18/h5-6,8H,7H2,1-4H3,(H,15,16)(H2,14,17,18). The molecular weight excluding hydrogens is 280 g/mol. The van der Waals surface area contributed by atoms with Gasteiger partial charge in [0, 0.05) is 5.69 Å². The van der Waals surface area contributed by atoms with Gasteiger partial charge in [0.1, 0.15) is 6.61 Å². The number of ether oxygens (including phenoxy) is 1. The molecule has 20 heavy (non-hydrogen) atoms. The van der Waals surface area contributed by atoms with Gasteiger partial charge in [-0.1, -0.05) is 0 Å². The van der Waals surface area contributed by atoms with Gasteiger partial charge in [0.15, 0.2) is 0 Å². The smallest absolute Gasteiger partial charge is 0.250 e. The average Bonchev–Trinajstić information content (AvgIpc) is 2.29. The van der Waals surface area contributed by atoms with Crippen molar-refractivity contribution in [1.82, 2.24) is 0 Å². The SMILES string of the molecule is Cc1cc(S(N)(=O)=O)cc(C)c1NC(=O)COC(C)C. The van der Waals surface area contributed by atoms with Gasteiger partial charge in [-0.3, -0.25) is 4.79 Å². The van der Waals surface area contributed by atoms with Crippen LogP contribution in [0, 0.1) is 13.8 Å². The molecule has 7 heteroatoms. The molecule has 1 rings (SSSR count). The lowest BCUT2D eigenvalue weighted by Crippen LogP contribution is -2.22. The number of nitrogens with two attached hydrogens (primary N) is 1. The van der Waals surface area contributed by atoms with E-state index >= 15 is 0 Å². The van der Waals surface area contributed by atoms with Crippen LogP contribution in [0.25, 0.3) is 0 Å². The number of anilines is 1. The molecule has 0 aromatic heterocycles. The molecule has 1 amide bonds. The zero-order valence-corrected chi connectivity index (χ0v) is 12.9. The third-order valence-electron chi connectivity index (χ3n) is 2.65. The van der Waals surface area contributed by atoms with Crippen LogP contribution in [-0.2, 0) is 19.6 Å². The van der Waals surface area contributed by atoms with E-state index in [4.69, 9.17) is 9.88 Å². The van der Waals surface area contributed by atoms with Crippen LogP contribution in [0.3, 0.4) is 0 Å². The molecule has 1 aromatic rings. The van der Waals surface area contributed by atoms with E-state index in [1.165, 1.54) is 12.1 Å². The molecule has 6 nitrogen and oxygen atoms in total. The van der Waals surface area contributed by atoms with Gasteiger partial charge in [-0.15, -0.1) is 0 Å². The molecule has 3 N–H and O–H groups in total. The van der Waals surface area contributed by atoms with E-state index in [9.17, 15) is 13.2 Å². The number of carbonyl (C=O) groups excluding carboxylic acids is 1. The summed E-state index contributed by atoms with van der Waals surface area (Å²) in [5, 5.41) is 7.80. The Bertz CT molecular complexity index is 586. The Morgan fingerprint density at radius 3 is 2.20 bits per heavy atom. The third-order valence-corrected chi connectivity index (χ3v) is 3.54. The first-order valence-electron chi connectivity index (χ1n) is 6.16. The number of carbonyl (C=O) groups is 1. The summed E-state index contributed by atoms with van der Waals surface area (Å²) in [7, 11) is -3.75. The molecule has 0 unspecified atom stereocenters. The summed E-state index contributed by atoms with van der Waals surface area (Å²) in [4.78, 5) is 11.8. The molecule has 0 saturated heterocycles. The number of hydrogen-bond acceptors (Lipinski definition) is 4. The van der Waals surface area contributed by atoms with Crippen LogP contribution in [-0.4, -0.2) is 27.0 Å². The Balaban J connectivity index is 2.95. The number of sulfonamides is 1. The maximum Gasteiger partial charge on any atom is 0.250 e. The Kier molecular flexibility index (Phi) is 5.27. The van der Waals surface area contributed by atoms with Crippen molar-refractivity contribution in [3.63, 3.8) is 0 Å². The van der Waals surface area contributed by atoms with Crippen molar-refractivity contribution in [3.8, 4) is 0 Å². The summed E-state index contributed by atoms with van der Waals surface area (Å²) >= 11 is 0. The largest absolute Gasteiger partial charge is 0.369 e. The minimum Gasteiger partial charge on any atom is -0.369 e. The molecule has 0 bridgehead atoms. The zero-order chi connectivity index (χ0) is 15.5.